The Morgan fingerprint density at radius 3 is 1.49 bits per heavy atom. The van der Waals surface area contributed by atoms with E-state index in [-0.39, 0.29) is 0 Å². The van der Waals surface area contributed by atoms with Gasteiger partial charge in [-0.2, -0.15) is 0 Å². The van der Waals surface area contributed by atoms with Gasteiger partial charge in [0.15, 0.2) is 0 Å². The summed E-state index contributed by atoms with van der Waals surface area (Å²) in [6.07, 6.45) is 5.08. The average molecular weight is 728 g/mol. The Kier molecular flexibility index (Phi) is 9.63. The lowest BCUT2D eigenvalue weighted by molar-refractivity contribution is 0.409. The first-order valence-corrected chi connectivity index (χ1v) is 17.9. The number of nitrogens with one attached hydrogen (secondary N) is 1. The number of hydrogen-bond acceptors (Lipinski definition) is 4. The lowest BCUT2D eigenvalue weighted by Gasteiger charge is -2.30. The molecule has 53 heavy (non-hydrogen) atoms. The molecular formula is C45H32Cl2N6. The van der Waals surface area contributed by atoms with Crippen LogP contribution in [-0.4, -0.2) is 30.9 Å². The normalized spacial score (nSPS) is 13.1. The monoisotopic (exact) mass is 726 g/mol. The Morgan fingerprint density at radius 1 is 0.509 bits per heavy atom. The molecule has 8 heteroatoms. The minimum atomic E-state index is -1.41. The van der Waals surface area contributed by atoms with Crippen molar-refractivity contribution in [1.82, 2.24) is 19.5 Å². The third-order valence-corrected chi connectivity index (χ3v) is 9.55. The second kappa shape index (κ2) is 15.1. The van der Waals surface area contributed by atoms with Gasteiger partial charge in [-0.25, -0.2) is 20.0 Å². The van der Waals surface area contributed by atoms with Crippen molar-refractivity contribution in [2.45, 2.75) is 5.79 Å². The number of halogens is 2. The summed E-state index contributed by atoms with van der Waals surface area (Å²) in [7, 11) is 0. The van der Waals surface area contributed by atoms with Gasteiger partial charge in [-0.05, 0) is 18.2 Å². The highest BCUT2D eigenvalue weighted by atomic mass is 35.5. The summed E-state index contributed by atoms with van der Waals surface area (Å²) in [6, 6.07) is 56.4. The van der Waals surface area contributed by atoms with E-state index in [1.165, 1.54) is 0 Å². The van der Waals surface area contributed by atoms with E-state index in [9.17, 15) is 0 Å². The minimum Gasteiger partial charge on any atom is -0.351 e. The molecule has 0 spiro atoms. The van der Waals surface area contributed by atoms with Crippen LogP contribution in [0.1, 0.15) is 16.7 Å². The number of aliphatic imine (C=N–C) groups is 2. The van der Waals surface area contributed by atoms with E-state index in [1.54, 1.807) is 18.7 Å². The fourth-order valence-electron chi connectivity index (χ4n) is 6.53. The molecular weight excluding hydrogens is 695 g/mol. The number of aromatic nitrogens is 4. The van der Waals surface area contributed by atoms with Gasteiger partial charge in [-0.1, -0.05) is 175 Å². The van der Waals surface area contributed by atoms with Crippen LogP contribution in [0.15, 0.2) is 199 Å². The average Bonchev–Trinajstić information content (AvgIpc) is 4.01. The molecule has 8 aromatic rings. The highest BCUT2D eigenvalue weighted by molar-refractivity contribution is 6.54. The van der Waals surface area contributed by atoms with Crippen LogP contribution in [0.2, 0.25) is 10.0 Å². The highest BCUT2D eigenvalue weighted by Crippen LogP contribution is 2.48. The standard InChI is InChI=1S/C42H28Cl2N4.C3H4N2/c43-35-27-15-13-25-33(35)41-45-39(31-21-9-3-10-22-31)40(32-23-11-4-12-24-32)48(41)42(34-26-14-16-28-36(34)44)46-37(29-17-5-1-6-18-29)38(47-42)30-19-7-2-8-20-30;1-2-5-3-4-1/h1-28H;1-3H,(H,4,5). The minimum absolute atomic E-state index is 0.533. The number of aromatic amines is 1. The van der Waals surface area contributed by atoms with Crippen LogP contribution in [-0.2, 0) is 5.79 Å². The predicted molar refractivity (Wildman–Crippen MR) is 217 cm³/mol. The number of benzene rings is 6. The second-order valence-corrected chi connectivity index (χ2v) is 13.0. The molecule has 0 saturated heterocycles. The largest absolute Gasteiger partial charge is 0.351 e. The van der Waals surface area contributed by atoms with E-state index in [1.807, 2.05) is 121 Å². The topological polar surface area (TPSA) is 71.2 Å². The van der Waals surface area contributed by atoms with E-state index < -0.39 is 5.79 Å². The summed E-state index contributed by atoms with van der Waals surface area (Å²) in [6.45, 7) is 0. The van der Waals surface area contributed by atoms with Crippen LogP contribution in [0.3, 0.4) is 0 Å². The van der Waals surface area contributed by atoms with Gasteiger partial charge >= 0.3 is 0 Å². The van der Waals surface area contributed by atoms with Crippen molar-refractivity contribution in [3.63, 3.8) is 0 Å². The van der Waals surface area contributed by atoms with Crippen LogP contribution in [0, 0.1) is 0 Å². The Balaban J connectivity index is 0.000000740. The van der Waals surface area contributed by atoms with Crippen molar-refractivity contribution >= 4 is 34.6 Å². The summed E-state index contributed by atoms with van der Waals surface area (Å²) in [5, 5.41) is 1.10. The Labute approximate surface area is 317 Å². The predicted octanol–water partition coefficient (Wildman–Crippen LogP) is 11.3. The number of H-pyrrole nitrogens is 1. The zero-order valence-corrected chi connectivity index (χ0v) is 29.9. The quantitative estimate of drug-likeness (QED) is 0.178. The molecule has 1 N–H and O–H groups in total. The van der Waals surface area contributed by atoms with Gasteiger partial charge in [0, 0.05) is 45.8 Å². The molecule has 256 valence electrons. The van der Waals surface area contributed by atoms with Crippen molar-refractivity contribution < 1.29 is 0 Å². The van der Waals surface area contributed by atoms with E-state index in [0.717, 1.165) is 50.6 Å². The van der Waals surface area contributed by atoms with Crippen molar-refractivity contribution in [2.24, 2.45) is 9.98 Å². The van der Waals surface area contributed by atoms with Gasteiger partial charge in [-0.3, -0.25) is 4.57 Å². The van der Waals surface area contributed by atoms with E-state index in [4.69, 9.17) is 38.2 Å². The van der Waals surface area contributed by atoms with Crippen LogP contribution >= 0.6 is 23.2 Å². The van der Waals surface area contributed by atoms with Gasteiger partial charge < -0.3 is 4.98 Å². The fraction of sp³-hybridized carbons (Fsp3) is 0.0222. The molecule has 0 unspecified atom stereocenters. The first kappa shape index (κ1) is 33.8. The number of rotatable bonds is 7. The van der Waals surface area contributed by atoms with Crippen LogP contribution in [0.5, 0.6) is 0 Å². The van der Waals surface area contributed by atoms with Gasteiger partial charge in [0.25, 0.3) is 5.79 Å². The maximum absolute atomic E-state index is 7.18. The van der Waals surface area contributed by atoms with Crippen molar-refractivity contribution in [2.75, 3.05) is 0 Å². The maximum atomic E-state index is 7.18. The second-order valence-electron chi connectivity index (χ2n) is 12.2. The van der Waals surface area contributed by atoms with Crippen molar-refractivity contribution in [3.8, 4) is 33.9 Å². The number of hydrogen-bond donors (Lipinski definition) is 1. The summed E-state index contributed by atoms with van der Waals surface area (Å²) >= 11 is 14.2. The van der Waals surface area contributed by atoms with E-state index in [0.29, 0.717) is 21.4 Å². The zero-order chi connectivity index (χ0) is 36.0. The molecule has 9 rings (SSSR count). The molecule has 2 aromatic heterocycles. The summed E-state index contributed by atoms with van der Waals surface area (Å²) in [4.78, 5) is 23.2. The molecule has 1 aliphatic rings. The van der Waals surface area contributed by atoms with Crippen molar-refractivity contribution in [1.29, 1.82) is 0 Å². The summed E-state index contributed by atoms with van der Waals surface area (Å²) in [5.41, 5.74) is 8.38. The van der Waals surface area contributed by atoms with Gasteiger partial charge in [0.1, 0.15) is 5.82 Å². The Morgan fingerprint density at radius 2 is 1.00 bits per heavy atom. The molecule has 0 fully saturated rings. The Hall–Kier alpha value is -6.34. The van der Waals surface area contributed by atoms with Crippen LogP contribution in [0.4, 0.5) is 0 Å². The lowest BCUT2D eigenvalue weighted by Crippen LogP contribution is -2.31. The van der Waals surface area contributed by atoms with Crippen LogP contribution < -0.4 is 0 Å². The van der Waals surface area contributed by atoms with Gasteiger partial charge in [0.2, 0.25) is 0 Å². The van der Waals surface area contributed by atoms with E-state index >= 15 is 0 Å². The third kappa shape index (κ3) is 6.62. The van der Waals surface area contributed by atoms with Crippen LogP contribution in [0.25, 0.3) is 33.9 Å². The first-order valence-electron chi connectivity index (χ1n) is 17.1. The molecule has 0 radical (unpaired) electrons. The molecule has 0 amide bonds. The highest BCUT2D eigenvalue weighted by Gasteiger charge is 2.46. The van der Waals surface area contributed by atoms with Crippen molar-refractivity contribution in [3.05, 3.63) is 215 Å². The Bertz CT molecular complexity index is 2440. The third-order valence-electron chi connectivity index (χ3n) is 8.89. The molecule has 0 aliphatic carbocycles. The summed E-state index contributed by atoms with van der Waals surface area (Å²) < 4.78 is 2.13. The molecule has 0 bridgehead atoms. The smallest absolute Gasteiger partial charge is 0.263 e. The van der Waals surface area contributed by atoms with Gasteiger partial charge in [0.05, 0.1) is 39.2 Å². The molecule has 0 saturated carbocycles. The fourth-order valence-corrected chi connectivity index (χ4v) is 7.02. The molecule has 0 atom stereocenters. The molecule has 1 aliphatic heterocycles. The number of imidazole rings is 2. The zero-order valence-electron chi connectivity index (χ0n) is 28.4. The van der Waals surface area contributed by atoms with Gasteiger partial charge in [-0.15, -0.1) is 0 Å². The molecule has 6 nitrogen and oxygen atoms in total. The molecule has 3 heterocycles. The SMILES string of the molecule is Clc1ccccc1-c1nc(-c2ccccc2)c(-c2ccccc2)n1C1(c2ccccc2Cl)N=C(c2ccccc2)C(c2ccccc2)=N1.c1c[nH]cn1. The van der Waals surface area contributed by atoms with E-state index in [2.05, 4.69) is 63.1 Å². The molecule has 6 aromatic carbocycles. The number of nitrogens with zero attached hydrogens (tertiary/aromatic N) is 5. The first-order chi connectivity index (χ1) is 26.1. The lowest BCUT2D eigenvalue weighted by atomic mass is 10.0. The maximum Gasteiger partial charge on any atom is 0.263 e. The summed E-state index contributed by atoms with van der Waals surface area (Å²) in [5.74, 6) is -0.790.